The lowest BCUT2D eigenvalue weighted by Gasteiger charge is -2.39. The molecule has 2 atom stereocenters. The van der Waals surface area contributed by atoms with Gasteiger partial charge in [-0.1, -0.05) is 0 Å². The van der Waals surface area contributed by atoms with Crippen molar-refractivity contribution >= 4 is 17.7 Å². The molecule has 9 nitrogen and oxygen atoms in total. The number of anilines is 1. The summed E-state index contributed by atoms with van der Waals surface area (Å²) in [5, 5.41) is 10.5. The van der Waals surface area contributed by atoms with Gasteiger partial charge in [-0.15, -0.1) is 0 Å². The number of halogens is 6. The van der Waals surface area contributed by atoms with Crippen LogP contribution in [0.5, 0.6) is 0 Å². The molecular formula is C20H19F6N9. The van der Waals surface area contributed by atoms with Crippen LogP contribution >= 0.6 is 0 Å². The van der Waals surface area contributed by atoms with Gasteiger partial charge in [-0.25, -0.2) is 19.9 Å². The van der Waals surface area contributed by atoms with Crippen molar-refractivity contribution in [3.63, 3.8) is 0 Å². The van der Waals surface area contributed by atoms with Gasteiger partial charge in [0.15, 0.2) is 17.2 Å². The normalized spacial score (nSPS) is 20.1. The molecule has 0 aromatic carbocycles. The van der Waals surface area contributed by atoms with Gasteiger partial charge >= 0.3 is 12.4 Å². The lowest BCUT2D eigenvalue weighted by Crippen LogP contribution is -2.57. The number of nitrogens with two attached hydrogens (primary N) is 1. The van der Waals surface area contributed by atoms with Gasteiger partial charge < -0.3 is 21.4 Å². The number of imidazole rings is 1. The molecular weight excluding hydrogens is 480 g/mol. The number of hydrogen-bond donors (Lipinski definition) is 3. The number of allylic oxidation sites excluding steroid dienone is 1. The molecule has 35 heavy (non-hydrogen) atoms. The number of fused-ring (bicyclic) bond motifs is 1. The third-order valence-corrected chi connectivity index (χ3v) is 5.41. The summed E-state index contributed by atoms with van der Waals surface area (Å²) in [6.45, 7) is 2.12. The lowest BCUT2D eigenvalue weighted by atomic mass is 10.0. The number of hydrogen-bond acceptors (Lipinski definition) is 8. The van der Waals surface area contributed by atoms with Crippen LogP contribution in [0.25, 0.3) is 17.2 Å². The van der Waals surface area contributed by atoms with Crippen LogP contribution in [0.1, 0.15) is 12.6 Å². The molecule has 0 bridgehead atoms. The van der Waals surface area contributed by atoms with Crippen molar-refractivity contribution in [2.75, 3.05) is 18.0 Å². The summed E-state index contributed by atoms with van der Waals surface area (Å²) in [6, 6.07) is 0.331. The molecule has 0 amide bonds. The third-order valence-electron chi connectivity index (χ3n) is 5.41. The molecule has 0 spiro atoms. The fraction of sp³-hybridized carbons (Fsp3) is 0.350. The van der Waals surface area contributed by atoms with E-state index in [1.54, 1.807) is 11.8 Å². The van der Waals surface area contributed by atoms with Crippen molar-refractivity contribution in [1.29, 1.82) is 5.41 Å². The molecule has 1 fully saturated rings. The van der Waals surface area contributed by atoms with Crippen molar-refractivity contribution in [2.24, 2.45) is 5.73 Å². The summed E-state index contributed by atoms with van der Waals surface area (Å²) in [7, 11) is 0. The van der Waals surface area contributed by atoms with E-state index in [1.807, 2.05) is 0 Å². The third kappa shape index (κ3) is 4.89. The molecule has 186 valence electrons. The maximum absolute atomic E-state index is 13.2. The highest BCUT2D eigenvalue weighted by Crippen LogP contribution is 2.30. The first-order chi connectivity index (χ1) is 16.4. The fourth-order valence-electron chi connectivity index (χ4n) is 3.83. The van der Waals surface area contributed by atoms with Crippen molar-refractivity contribution in [2.45, 2.75) is 31.4 Å². The van der Waals surface area contributed by atoms with Gasteiger partial charge in [0, 0.05) is 43.3 Å². The number of nitrogens with one attached hydrogen (secondary N) is 2. The van der Waals surface area contributed by atoms with Gasteiger partial charge in [-0.05, 0) is 13.0 Å². The first-order valence-electron chi connectivity index (χ1n) is 10.2. The van der Waals surface area contributed by atoms with Crippen molar-refractivity contribution in [1.82, 2.24) is 29.7 Å². The summed E-state index contributed by atoms with van der Waals surface area (Å²) in [6.07, 6.45) is -4.42. The Morgan fingerprint density at radius 3 is 2.54 bits per heavy atom. The SMILES string of the molecule is CC1CN(c2ccnc(-c3cnc4cnc(C(F)(F)F)cn34)n2)CC(/C(C=N)=C(/N)C(F)(F)F)N1. The molecule has 4 heterocycles. The molecule has 0 radical (unpaired) electrons. The van der Waals surface area contributed by atoms with Crippen molar-refractivity contribution in [3.8, 4) is 11.5 Å². The van der Waals surface area contributed by atoms with E-state index in [4.69, 9.17) is 11.1 Å². The first-order valence-corrected chi connectivity index (χ1v) is 10.2. The summed E-state index contributed by atoms with van der Waals surface area (Å²) in [5.41, 5.74) is 2.72. The molecule has 0 saturated carbocycles. The summed E-state index contributed by atoms with van der Waals surface area (Å²) in [4.78, 5) is 17.7. The van der Waals surface area contributed by atoms with Gasteiger partial charge in [0.2, 0.25) is 0 Å². The van der Waals surface area contributed by atoms with Crippen LogP contribution in [-0.2, 0) is 6.18 Å². The Kier molecular flexibility index (Phi) is 6.12. The maximum Gasteiger partial charge on any atom is 0.434 e. The minimum Gasteiger partial charge on any atom is -0.394 e. The smallest absolute Gasteiger partial charge is 0.394 e. The Bertz CT molecular complexity index is 1280. The second-order valence-corrected chi connectivity index (χ2v) is 7.92. The van der Waals surface area contributed by atoms with E-state index in [1.165, 1.54) is 18.5 Å². The van der Waals surface area contributed by atoms with Crippen molar-refractivity contribution < 1.29 is 26.3 Å². The average molecular weight is 499 g/mol. The first kappa shape index (κ1) is 24.4. The van der Waals surface area contributed by atoms with Gasteiger partial charge in [0.05, 0.1) is 18.4 Å². The Hall–Kier alpha value is -3.75. The molecule has 1 aliphatic heterocycles. The molecule has 4 rings (SSSR count). The predicted molar refractivity (Wildman–Crippen MR) is 114 cm³/mol. The average Bonchev–Trinajstić information content (AvgIpc) is 3.21. The van der Waals surface area contributed by atoms with Crippen LogP contribution in [0.2, 0.25) is 0 Å². The highest BCUT2D eigenvalue weighted by molar-refractivity contribution is 5.79. The Balaban J connectivity index is 1.69. The largest absolute Gasteiger partial charge is 0.434 e. The summed E-state index contributed by atoms with van der Waals surface area (Å²) >= 11 is 0. The Labute approximate surface area is 194 Å². The van der Waals surface area contributed by atoms with Crippen LogP contribution in [0.4, 0.5) is 32.2 Å². The van der Waals surface area contributed by atoms with Crippen LogP contribution < -0.4 is 16.0 Å². The maximum atomic E-state index is 13.2. The summed E-state index contributed by atoms with van der Waals surface area (Å²) < 4.78 is 80.0. The van der Waals surface area contributed by atoms with Gasteiger partial charge in [0.1, 0.15) is 17.2 Å². The van der Waals surface area contributed by atoms with E-state index in [0.717, 1.165) is 16.8 Å². The standard InChI is InChI=1S/C20H19F6N9/c1-10-7-34(8-12(32-10)11(4-27)17(28)20(24,25)26)15-2-3-29-18(33-15)13-5-31-16-6-30-14(9-35(13)16)19(21,22)23/h2-6,9-10,12,27,32H,7-8,28H2,1H3/b17-11+,27-4?. The van der Waals surface area contributed by atoms with Gasteiger partial charge in [0.25, 0.3) is 0 Å². The highest BCUT2D eigenvalue weighted by Gasteiger charge is 2.38. The molecule has 1 saturated heterocycles. The second-order valence-electron chi connectivity index (χ2n) is 7.92. The molecule has 1 aliphatic rings. The zero-order valence-corrected chi connectivity index (χ0v) is 18.1. The van der Waals surface area contributed by atoms with E-state index in [2.05, 4.69) is 25.3 Å². The quantitative estimate of drug-likeness (QED) is 0.373. The van der Waals surface area contributed by atoms with E-state index in [0.29, 0.717) is 18.6 Å². The van der Waals surface area contributed by atoms with Crippen LogP contribution in [0.15, 0.2) is 42.1 Å². The number of aromatic nitrogens is 5. The molecule has 0 aliphatic carbocycles. The second kappa shape index (κ2) is 8.79. The van der Waals surface area contributed by atoms with E-state index in [9.17, 15) is 26.3 Å². The van der Waals surface area contributed by atoms with E-state index in [-0.39, 0.29) is 29.8 Å². The zero-order chi connectivity index (χ0) is 25.5. The van der Waals surface area contributed by atoms with Crippen LogP contribution in [0, 0.1) is 5.41 Å². The molecule has 2 unspecified atom stereocenters. The zero-order valence-electron chi connectivity index (χ0n) is 18.1. The molecule has 15 heteroatoms. The lowest BCUT2D eigenvalue weighted by molar-refractivity contribution is -0.141. The fourth-order valence-corrected chi connectivity index (χ4v) is 3.83. The minimum atomic E-state index is -4.80. The molecule has 4 N–H and O–H groups in total. The van der Waals surface area contributed by atoms with Crippen LogP contribution in [0.3, 0.4) is 0 Å². The van der Waals surface area contributed by atoms with Crippen molar-refractivity contribution in [3.05, 3.63) is 47.8 Å². The Morgan fingerprint density at radius 2 is 1.89 bits per heavy atom. The molecule has 3 aromatic heterocycles. The van der Waals surface area contributed by atoms with E-state index < -0.39 is 35.4 Å². The van der Waals surface area contributed by atoms with Crippen LogP contribution in [-0.4, -0.2) is 61.9 Å². The van der Waals surface area contributed by atoms with Gasteiger partial charge in [-0.2, -0.15) is 26.3 Å². The predicted octanol–water partition coefficient (Wildman–Crippen LogP) is 2.80. The monoisotopic (exact) mass is 499 g/mol. The topological polar surface area (TPSA) is 121 Å². The molecule has 3 aromatic rings. The summed E-state index contributed by atoms with van der Waals surface area (Å²) in [5.74, 6) is 0.401. The number of rotatable bonds is 4. The van der Waals surface area contributed by atoms with Gasteiger partial charge in [-0.3, -0.25) is 4.40 Å². The number of piperazine rings is 1. The minimum absolute atomic E-state index is 0.0115. The highest BCUT2D eigenvalue weighted by atomic mass is 19.4. The number of nitrogens with zero attached hydrogens (tertiary/aromatic N) is 6. The Morgan fingerprint density at radius 1 is 1.14 bits per heavy atom. The van der Waals surface area contributed by atoms with E-state index >= 15 is 0 Å². The number of alkyl halides is 6.